The summed E-state index contributed by atoms with van der Waals surface area (Å²) in [7, 11) is 9.12. The van der Waals surface area contributed by atoms with Crippen LogP contribution < -0.4 is 17.2 Å². The maximum atomic E-state index is 15.2. The highest BCUT2D eigenvalue weighted by Crippen LogP contribution is 2.59. The van der Waals surface area contributed by atoms with Gasteiger partial charge in [0, 0.05) is 76.2 Å². The first-order valence-electron chi connectivity index (χ1n) is 40.2. The van der Waals surface area contributed by atoms with E-state index in [1.54, 1.807) is 19.0 Å². The van der Waals surface area contributed by atoms with Crippen LogP contribution in [0.25, 0.3) is 39.5 Å². The van der Waals surface area contributed by atoms with Gasteiger partial charge in [0.15, 0.2) is 51.6 Å². The number of aliphatic hydroxyl groups is 9. The molecule has 5 aromatic rings. The molecule has 125 heavy (non-hydrogen) atoms. The van der Waals surface area contributed by atoms with E-state index in [1.165, 1.54) is 56.2 Å². The average Bonchev–Trinajstić information content (AvgIpc) is 0.704. The van der Waals surface area contributed by atoms with Crippen molar-refractivity contribution in [1.29, 1.82) is 0 Å². The van der Waals surface area contributed by atoms with E-state index in [1.807, 2.05) is 0 Å². The van der Waals surface area contributed by atoms with Crippen LogP contribution in [0.1, 0.15) is 129 Å². The van der Waals surface area contributed by atoms with E-state index in [4.69, 9.17) is 17.2 Å². The molecule has 5 aromatic carbocycles. The van der Waals surface area contributed by atoms with Gasteiger partial charge >= 0.3 is 6.18 Å². The number of ketones is 7. The van der Waals surface area contributed by atoms with Crippen LogP contribution in [-0.4, -0.2) is 223 Å². The number of hydrogen-bond acceptors (Lipinski definition) is 26. The van der Waals surface area contributed by atoms with Gasteiger partial charge in [-0.05, 0) is 231 Å². The van der Waals surface area contributed by atoms with Crippen molar-refractivity contribution in [2.75, 3.05) is 42.3 Å². The molecule has 4 fully saturated rings. The molecular weight excluding hydrogens is 1660 g/mol. The van der Waals surface area contributed by atoms with E-state index in [0.717, 1.165) is 44.0 Å². The summed E-state index contributed by atoms with van der Waals surface area (Å²) in [5.74, 6) is -30.3. The molecule has 0 spiro atoms. The minimum Gasteiger partial charge on any atom is -0.508 e. The molecule has 19 N–H and O–H groups in total. The molecule has 4 saturated carbocycles. The van der Waals surface area contributed by atoms with Crippen molar-refractivity contribution in [1.82, 2.24) is 14.7 Å². The number of phenolic OH excluding ortho intramolecular Hbond substituents is 4. The lowest BCUT2D eigenvalue weighted by Gasteiger charge is -2.53. The molecule has 0 heterocycles. The number of likely N-dealkylation sites (N-methyl/N-ethyl adjacent to an activating group) is 3. The Morgan fingerprint density at radius 1 is 0.504 bits per heavy atom. The number of alkyl halides is 3. The zero-order chi connectivity index (χ0) is 92.8. The number of carbonyl (C=O) groups excluding carboxylic acids is 9. The summed E-state index contributed by atoms with van der Waals surface area (Å²) in [5, 5.41) is 147. The van der Waals surface area contributed by atoms with Gasteiger partial charge < -0.3 is 88.5 Å². The molecule has 0 radical (unpaired) electrons. The molecule has 0 bridgehead atoms. The normalized spacial score (nSPS) is 27.0. The van der Waals surface area contributed by atoms with Gasteiger partial charge in [-0.1, -0.05) is 20.8 Å². The second-order valence-electron chi connectivity index (χ2n) is 35.6. The van der Waals surface area contributed by atoms with Crippen molar-refractivity contribution >= 4 is 69.6 Å². The number of benzene rings is 5. The number of aromatic hydroxyl groups is 4. The van der Waals surface area contributed by atoms with Crippen molar-refractivity contribution in [3.05, 3.63) is 167 Å². The number of hydrogen-bond donors (Lipinski definition) is 16. The van der Waals surface area contributed by atoms with E-state index >= 15 is 4.39 Å². The third kappa shape index (κ3) is 15.3. The monoisotopic (exact) mass is 1750 g/mol. The Balaban J connectivity index is 0.000000172. The van der Waals surface area contributed by atoms with Crippen LogP contribution in [0.15, 0.2) is 87.9 Å². The number of unbranched alkanes of at least 4 members (excludes halogenated alkanes) is 1. The van der Waals surface area contributed by atoms with E-state index < -0.39 is 239 Å². The molecule has 28 nitrogen and oxygen atoms in total. The standard InChI is InChI=1S/C32H31F5N2O7.C29H39NO8.C28H26F3N3O7/c1-39(2)24-19-11-14-10-18-17(16-7-6-15(33)12-20(16)34)9-13(5-3-4-8-31(35,36)37)25(40)22(18)26(41)21(14)28(43)32(19,46)29(44)23(27(24)42)30(38)45;1-13(31)19-25(35)22(30(5)6)17-11-15-10-16-18(32)12-14(8-7-9-28(2,3)4)23(33)21(16)24(34)20(15)27(37)29(17,38)26(19)36;1-34(2)21-14-5-10-3-13-12(9-6-15(29)20(31)16(30)7-9)4-11(8-32)22(35)18(13)23(36)17(10)25(38)28(14,41)26(39)19(24(21)37)27(33)40/h6-7,9,12,14,19,24,40-41,44,46H,3-5,8,10-11H2,1-2H3,(H2,38,45);12,15,17,19,22,25,32-35,38H,7-11H2,1-6H3;4,6-7,10,14,21,35-36,39,41H,3,5,8,32H2,1-2H3,(H2,33,40)/t14-,19-,24-,32-;15-,17-,19?,22-,25?,29+;10-,14-,21-,28-/m000/s1. The van der Waals surface area contributed by atoms with Gasteiger partial charge in [0.05, 0.1) is 34.9 Å². The summed E-state index contributed by atoms with van der Waals surface area (Å²) in [6, 6.07) is 4.91. The maximum Gasteiger partial charge on any atom is 0.389 e. The van der Waals surface area contributed by atoms with Crippen LogP contribution in [-0.2, 0) is 81.8 Å². The third-order valence-electron chi connectivity index (χ3n) is 26.1. The van der Waals surface area contributed by atoms with Gasteiger partial charge in [0.2, 0.25) is 17.3 Å². The van der Waals surface area contributed by atoms with Gasteiger partial charge in [-0.25, -0.2) is 22.0 Å². The molecule has 14 rings (SSSR count). The highest BCUT2D eigenvalue weighted by atomic mass is 19.4. The van der Waals surface area contributed by atoms with Crippen molar-refractivity contribution in [3.63, 3.8) is 0 Å². The topological polar surface area (TPSA) is 504 Å². The van der Waals surface area contributed by atoms with Crippen LogP contribution in [0.5, 0.6) is 23.0 Å². The lowest BCUT2D eigenvalue weighted by molar-refractivity contribution is -0.184. The van der Waals surface area contributed by atoms with Crippen LogP contribution in [0.2, 0.25) is 0 Å². The minimum atomic E-state index is -4.42. The van der Waals surface area contributed by atoms with E-state index in [9.17, 15) is 140 Å². The van der Waals surface area contributed by atoms with E-state index in [-0.39, 0.29) is 154 Å². The lowest BCUT2D eigenvalue weighted by atomic mass is 9.54. The van der Waals surface area contributed by atoms with Crippen LogP contribution >= 0.6 is 0 Å². The second-order valence-corrected chi connectivity index (χ2v) is 35.6. The summed E-state index contributed by atoms with van der Waals surface area (Å²) in [4.78, 5) is 123. The number of nitrogens with two attached hydrogens (primary N) is 3. The number of amides is 2. The summed E-state index contributed by atoms with van der Waals surface area (Å²) in [6.07, 6.45) is -5.96. The number of Topliss-reactive ketones (excluding diaryl/α,β-unsaturated/α-hetero) is 7. The number of fused-ring (bicyclic) bond motifs is 9. The zero-order valence-corrected chi connectivity index (χ0v) is 69.5. The number of aliphatic hydroxyl groups excluding tert-OH is 6. The van der Waals surface area contributed by atoms with Crippen LogP contribution in [0.3, 0.4) is 0 Å². The predicted molar refractivity (Wildman–Crippen MR) is 430 cm³/mol. The van der Waals surface area contributed by atoms with Gasteiger partial charge in [-0.2, -0.15) is 13.2 Å². The number of rotatable bonds is 16. The lowest BCUT2D eigenvalue weighted by Crippen LogP contribution is -2.72. The predicted octanol–water partition coefficient (Wildman–Crippen LogP) is 8.00. The Bertz CT molecular complexity index is 5640. The largest absolute Gasteiger partial charge is 0.508 e. The maximum absolute atomic E-state index is 15.2. The fourth-order valence-corrected chi connectivity index (χ4v) is 20.5. The molecule has 14 atom stereocenters. The molecule has 670 valence electrons. The number of nitrogens with zero attached hydrogens (tertiary/aromatic N) is 3. The summed E-state index contributed by atoms with van der Waals surface area (Å²) < 4.78 is 109. The zero-order valence-electron chi connectivity index (χ0n) is 69.5. The molecular formula is C89H96F8N6O22. The molecule has 36 heteroatoms. The Morgan fingerprint density at radius 3 is 1.34 bits per heavy atom. The first-order valence-corrected chi connectivity index (χ1v) is 40.2. The quantitative estimate of drug-likeness (QED) is 0.0111. The average molecular weight is 1750 g/mol. The smallest absolute Gasteiger partial charge is 0.389 e. The SMILES string of the molecule is CC(=O)C1C(=O)[C@@]2(O)C(=O)C3=C(O)c4c(O)c(CCCC(C)(C)C)cc(O)c4C[C@H]3C[C@H]2[C@H](N(C)C)C1O.CN(C)[C@@H]1C(=O)C(C(N)=O)=C(O)[C@@]2(O)C(=O)C3=C(O)c4c(O)c(CCCCC(F)(F)F)cc(-c5ccc(F)cc5F)c4C[C@H]3C[C@@H]12.CN(C)[C@@H]1C(=O)C(C(N)=O)=C(O)[C@@]2(O)C(=O)C3=C(O)c4c(O)c(CN)cc(-c5cc(F)c(F)c(F)c5)c4C[C@H]3C[C@@H]12. The van der Waals surface area contributed by atoms with E-state index in [0.29, 0.717) is 18.1 Å². The number of primary amides is 2. The Labute approximate surface area is 709 Å². The highest BCUT2D eigenvalue weighted by Gasteiger charge is 2.69. The Morgan fingerprint density at radius 2 is 0.920 bits per heavy atom. The second kappa shape index (κ2) is 33.3. The van der Waals surface area contributed by atoms with Crippen molar-refractivity contribution in [2.45, 2.75) is 165 Å². The third-order valence-corrected chi connectivity index (χ3v) is 26.1. The number of halogens is 8. The molecule has 0 aromatic heterocycles. The van der Waals surface area contributed by atoms with Gasteiger partial charge in [0.25, 0.3) is 11.8 Å². The fourth-order valence-electron chi connectivity index (χ4n) is 20.5. The molecule has 0 aliphatic heterocycles. The van der Waals surface area contributed by atoms with Crippen molar-refractivity contribution < 1.29 is 145 Å². The highest BCUT2D eigenvalue weighted by molar-refractivity contribution is 6.27. The number of phenols is 4. The van der Waals surface area contributed by atoms with E-state index in [2.05, 4.69) is 20.8 Å². The fraction of sp³-hybridized carbons (Fsp3) is 0.449. The first-order chi connectivity index (χ1) is 58.1. The van der Waals surface area contributed by atoms with Crippen LogP contribution in [0.4, 0.5) is 35.1 Å². The number of carbonyl (C=O) groups is 9. The van der Waals surface area contributed by atoms with Gasteiger partial charge in [0.1, 0.15) is 86.3 Å². The molecule has 9 aliphatic carbocycles. The number of aryl methyl sites for hydroxylation is 2. The van der Waals surface area contributed by atoms with Gasteiger partial charge in [-0.15, -0.1) is 0 Å². The summed E-state index contributed by atoms with van der Waals surface area (Å²) >= 11 is 0. The van der Waals surface area contributed by atoms with Crippen LogP contribution in [0, 0.1) is 75.9 Å². The molecule has 0 saturated heterocycles. The van der Waals surface area contributed by atoms with Crippen molar-refractivity contribution in [3.8, 4) is 45.3 Å². The first kappa shape index (κ1) is 92.9. The van der Waals surface area contributed by atoms with Crippen molar-refractivity contribution in [2.24, 2.45) is 64.0 Å². The minimum absolute atomic E-state index is 0.0137. The Hall–Kier alpha value is -11.3. The molecule has 9 aliphatic rings. The molecule has 2 unspecified atom stereocenters. The Kier molecular flexibility index (Phi) is 24.7. The van der Waals surface area contributed by atoms with Gasteiger partial charge in [-0.3, -0.25) is 53.0 Å². The summed E-state index contributed by atoms with van der Waals surface area (Å²) in [6.45, 7) is 7.13. The summed E-state index contributed by atoms with van der Waals surface area (Å²) in [5.41, 5.74) is 5.43. The molecule has 2 amide bonds.